The number of methoxy groups -OCH3 is 1. The van der Waals surface area contributed by atoms with Gasteiger partial charge in [-0.15, -0.1) is 0 Å². The zero-order valence-corrected chi connectivity index (χ0v) is 19.3. The van der Waals surface area contributed by atoms with Gasteiger partial charge in [-0.1, -0.05) is 48.2 Å². The summed E-state index contributed by atoms with van der Waals surface area (Å²) in [6.45, 7) is 2.99. The maximum atomic E-state index is 13.4. The Bertz CT molecular complexity index is 1230. The third kappa shape index (κ3) is 4.68. The Morgan fingerprint density at radius 2 is 1.79 bits per heavy atom. The number of aromatic amines is 1. The van der Waals surface area contributed by atoms with E-state index in [9.17, 15) is 4.79 Å². The highest BCUT2D eigenvalue weighted by atomic mass is 32.2. The lowest BCUT2D eigenvalue weighted by molar-refractivity contribution is 0.0746. The number of para-hydroxylation sites is 2. The van der Waals surface area contributed by atoms with Gasteiger partial charge in [-0.25, -0.2) is 4.98 Å². The molecule has 2 heterocycles. The van der Waals surface area contributed by atoms with Crippen LogP contribution in [-0.2, 0) is 5.75 Å². The summed E-state index contributed by atoms with van der Waals surface area (Å²) in [6.07, 6.45) is 0. The van der Waals surface area contributed by atoms with Crippen LogP contribution in [0.4, 0.5) is 5.69 Å². The summed E-state index contributed by atoms with van der Waals surface area (Å²) in [5.74, 6) is 1.63. The van der Waals surface area contributed by atoms with Gasteiger partial charge < -0.3 is 19.5 Å². The molecule has 3 aromatic carbocycles. The summed E-state index contributed by atoms with van der Waals surface area (Å²) < 4.78 is 5.35. The molecule has 0 unspecified atom stereocenters. The van der Waals surface area contributed by atoms with Crippen molar-refractivity contribution in [2.45, 2.75) is 10.9 Å². The van der Waals surface area contributed by atoms with Crippen molar-refractivity contribution in [3.05, 3.63) is 83.9 Å². The van der Waals surface area contributed by atoms with E-state index in [0.29, 0.717) is 18.8 Å². The smallest absolute Gasteiger partial charge is 0.254 e. The third-order valence-electron chi connectivity index (χ3n) is 5.97. The van der Waals surface area contributed by atoms with Gasteiger partial charge >= 0.3 is 0 Å². The molecule has 1 N–H and O–H groups in total. The summed E-state index contributed by atoms with van der Waals surface area (Å²) >= 11 is 1.62. The number of aromatic nitrogens is 2. The first-order valence-corrected chi connectivity index (χ1v) is 12.0. The van der Waals surface area contributed by atoms with Crippen LogP contribution >= 0.6 is 11.8 Å². The maximum Gasteiger partial charge on any atom is 0.254 e. The van der Waals surface area contributed by atoms with E-state index in [1.165, 1.54) is 0 Å². The minimum Gasteiger partial charge on any atom is -0.497 e. The number of imidazole rings is 1. The first-order valence-electron chi connectivity index (χ1n) is 11.0. The van der Waals surface area contributed by atoms with E-state index in [0.717, 1.165) is 51.8 Å². The largest absolute Gasteiger partial charge is 0.497 e. The molecule has 0 spiro atoms. The van der Waals surface area contributed by atoms with Crippen LogP contribution in [-0.4, -0.2) is 54.1 Å². The van der Waals surface area contributed by atoms with Gasteiger partial charge in [-0.2, -0.15) is 0 Å². The molecular weight excluding hydrogens is 432 g/mol. The van der Waals surface area contributed by atoms with Crippen LogP contribution in [0.1, 0.15) is 15.9 Å². The van der Waals surface area contributed by atoms with Gasteiger partial charge in [-0.3, -0.25) is 4.79 Å². The van der Waals surface area contributed by atoms with Crippen molar-refractivity contribution in [2.75, 3.05) is 38.2 Å². The lowest BCUT2D eigenvalue weighted by atomic mass is 10.1. The molecular formula is C26H26N4O2S. The summed E-state index contributed by atoms with van der Waals surface area (Å²) in [4.78, 5) is 25.6. The number of ether oxygens (including phenoxy) is 1. The Kier molecular flexibility index (Phi) is 6.21. The quantitative estimate of drug-likeness (QED) is 0.420. The molecule has 0 aliphatic carbocycles. The fraction of sp³-hybridized carbons (Fsp3) is 0.231. The zero-order valence-electron chi connectivity index (χ0n) is 18.5. The third-order valence-corrected chi connectivity index (χ3v) is 6.89. The van der Waals surface area contributed by atoms with Crippen LogP contribution in [0.5, 0.6) is 5.75 Å². The highest BCUT2D eigenvalue weighted by Crippen LogP contribution is 2.26. The Hall–Kier alpha value is -3.45. The fourth-order valence-corrected chi connectivity index (χ4v) is 5.03. The zero-order chi connectivity index (χ0) is 22.6. The number of carbonyl (C=O) groups is 1. The number of thioether (sulfide) groups is 1. The van der Waals surface area contributed by atoms with Gasteiger partial charge in [0.05, 0.1) is 18.1 Å². The maximum absolute atomic E-state index is 13.4. The molecule has 0 radical (unpaired) electrons. The number of anilines is 1. The number of nitrogens with zero attached hydrogens (tertiary/aromatic N) is 3. The molecule has 1 amide bonds. The molecule has 1 aromatic heterocycles. The molecule has 33 heavy (non-hydrogen) atoms. The van der Waals surface area contributed by atoms with Gasteiger partial charge in [0.25, 0.3) is 5.91 Å². The average Bonchev–Trinajstić information content (AvgIpc) is 3.30. The number of fused-ring (bicyclic) bond motifs is 1. The van der Waals surface area contributed by atoms with E-state index in [2.05, 4.69) is 20.9 Å². The van der Waals surface area contributed by atoms with E-state index in [4.69, 9.17) is 4.74 Å². The SMILES string of the molecule is COc1cccc(N2CCN(C(=O)c3ccccc3CSc3nc4ccccc4[nH]3)CC2)c1. The second kappa shape index (κ2) is 9.58. The van der Waals surface area contributed by atoms with E-state index >= 15 is 0 Å². The van der Waals surface area contributed by atoms with Gasteiger partial charge in [0.2, 0.25) is 0 Å². The Balaban J connectivity index is 1.24. The van der Waals surface area contributed by atoms with E-state index < -0.39 is 0 Å². The monoisotopic (exact) mass is 458 g/mol. The van der Waals surface area contributed by atoms with Crippen LogP contribution in [0.15, 0.2) is 78.0 Å². The highest BCUT2D eigenvalue weighted by molar-refractivity contribution is 7.98. The van der Waals surface area contributed by atoms with Crippen molar-refractivity contribution in [1.29, 1.82) is 0 Å². The predicted octanol–water partition coefficient (Wildman–Crippen LogP) is 4.83. The summed E-state index contributed by atoms with van der Waals surface area (Å²) in [5, 5.41) is 0.866. The number of amides is 1. The topological polar surface area (TPSA) is 61.5 Å². The lowest BCUT2D eigenvalue weighted by Crippen LogP contribution is -2.49. The Morgan fingerprint density at radius 1 is 1.00 bits per heavy atom. The van der Waals surface area contributed by atoms with Crippen molar-refractivity contribution in [3.63, 3.8) is 0 Å². The summed E-state index contributed by atoms with van der Waals surface area (Å²) in [7, 11) is 1.68. The van der Waals surface area contributed by atoms with Crippen molar-refractivity contribution in [1.82, 2.24) is 14.9 Å². The number of hydrogen-bond acceptors (Lipinski definition) is 5. The van der Waals surface area contributed by atoms with Crippen molar-refractivity contribution in [2.24, 2.45) is 0 Å². The molecule has 4 aromatic rings. The van der Waals surface area contributed by atoms with Crippen molar-refractivity contribution >= 4 is 34.4 Å². The standard InChI is InChI=1S/C26H26N4O2S/c1-32-21-9-6-8-20(17-21)29-13-15-30(16-14-29)25(31)22-10-3-2-7-19(22)18-33-26-27-23-11-4-5-12-24(23)28-26/h2-12,17H,13-16,18H2,1H3,(H,27,28). The number of rotatable bonds is 6. The molecule has 7 heteroatoms. The molecule has 1 aliphatic heterocycles. The van der Waals surface area contributed by atoms with Crippen LogP contribution in [0.3, 0.4) is 0 Å². The second-order valence-corrected chi connectivity index (χ2v) is 8.95. The molecule has 0 bridgehead atoms. The number of nitrogens with one attached hydrogen (secondary N) is 1. The van der Waals surface area contributed by atoms with Gasteiger partial charge in [0.1, 0.15) is 5.75 Å². The minimum absolute atomic E-state index is 0.0982. The lowest BCUT2D eigenvalue weighted by Gasteiger charge is -2.36. The van der Waals surface area contributed by atoms with Crippen LogP contribution < -0.4 is 9.64 Å². The minimum atomic E-state index is 0.0982. The van der Waals surface area contributed by atoms with Crippen LogP contribution in [0, 0.1) is 0 Å². The van der Waals surface area contributed by atoms with E-state index in [1.807, 2.05) is 71.6 Å². The first-order chi connectivity index (χ1) is 16.2. The predicted molar refractivity (Wildman–Crippen MR) is 133 cm³/mol. The number of carbonyl (C=O) groups excluding carboxylic acids is 1. The molecule has 5 rings (SSSR count). The average molecular weight is 459 g/mol. The number of hydrogen-bond donors (Lipinski definition) is 1. The molecule has 1 fully saturated rings. The summed E-state index contributed by atoms with van der Waals surface area (Å²) in [6, 6.07) is 24.0. The highest BCUT2D eigenvalue weighted by Gasteiger charge is 2.24. The van der Waals surface area contributed by atoms with Gasteiger partial charge in [-0.05, 0) is 35.9 Å². The molecule has 6 nitrogen and oxygen atoms in total. The number of piperazine rings is 1. The summed E-state index contributed by atoms with van der Waals surface area (Å²) in [5.41, 5.74) is 4.92. The van der Waals surface area contributed by atoms with Crippen LogP contribution in [0.2, 0.25) is 0 Å². The number of benzene rings is 3. The van der Waals surface area contributed by atoms with Crippen LogP contribution in [0.25, 0.3) is 11.0 Å². The molecule has 0 atom stereocenters. The molecule has 0 saturated carbocycles. The normalized spacial score (nSPS) is 14.0. The van der Waals surface area contributed by atoms with Crippen molar-refractivity contribution in [3.8, 4) is 5.75 Å². The Morgan fingerprint density at radius 3 is 2.61 bits per heavy atom. The molecule has 1 saturated heterocycles. The first kappa shape index (κ1) is 21.4. The molecule has 1 aliphatic rings. The van der Waals surface area contributed by atoms with Gasteiger partial charge in [0, 0.05) is 49.2 Å². The Labute approximate surface area is 197 Å². The van der Waals surface area contributed by atoms with Gasteiger partial charge in [0.15, 0.2) is 5.16 Å². The van der Waals surface area contributed by atoms with E-state index in [-0.39, 0.29) is 5.91 Å². The van der Waals surface area contributed by atoms with Crippen molar-refractivity contribution < 1.29 is 9.53 Å². The fourth-order valence-electron chi connectivity index (χ4n) is 4.14. The van der Waals surface area contributed by atoms with E-state index in [1.54, 1.807) is 18.9 Å². The molecule has 168 valence electrons. The number of H-pyrrole nitrogens is 1. The second-order valence-electron chi connectivity index (χ2n) is 7.99.